The third-order valence-corrected chi connectivity index (χ3v) is 4.36. The quantitative estimate of drug-likeness (QED) is 0.853. The van der Waals surface area contributed by atoms with Crippen LogP contribution in [0, 0.1) is 6.92 Å². The SMILES string of the molecule is CCCNC(Cc1nc(C)cs1)c1cc(CC)nn1C. The largest absolute Gasteiger partial charge is 0.308 e. The first-order valence-corrected chi connectivity index (χ1v) is 8.19. The van der Waals surface area contributed by atoms with Crippen molar-refractivity contribution in [2.24, 2.45) is 7.05 Å². The number of thiazole rings is 1. The summed E-state index contributed by atoms with van der Waals surface area (Å²) in [7, 11) is 2.03. The molecule has 110 valence electrons. The minimum atomic E-state index is 0.290. The third-order valence-electron chi connectivity index (χ3n) is 3.37. The van der Waals surface area contributed by atoms with E-state index in [0.717, 1.165) is 37.2 Å². The molecule has 5 heteroatoms. The average Bonchev–Trinajstić information content (AvgIpc) is 3.00. The average molecular weight is 292 g/mol. The Bertz CT molecular complexity index is 544. The molecule has 0 aliphatic rings. The van der Waals surface area contributed by atoms with Gasteiger partial charge in [0.1, 0.15) is 0 Å². The van der Waals surface area contributed by atoms with Gasteiger partial charge in [0.25, 0.3) is 0 Å². The number of hydrogen-bond donors (Lipinski definition) is 1. The fourth-order valence-corrected chi connectivity index (χ4v) is 3.13. The van der Waals surface area contributed by atoms with Crippen LogP contribution in [0.5, 0.6) is 0 Å². The van der Waals surface area contributed by atoms with Gasteiger partial charge in [0, 0.05) is 24.5 Å². The van der Waals surface area contributed by atoms with Gasteiger partial charge in [0.2, 0.25) is 0 Å². The summed E-state index contributed by atoms with van der Waals surface area (Å²) in [6.07, 6.45) is 3.04. The molecule has 2 aromatic rings. The summed E-state index contributed by atoms with van der Waals surface area (Å²) < 4.78 is 2.01. The van der Waals surface area contributed by atoms with Crippen LogP contribution in [0.15, 0.2) is 11.4 Å². The van der Waals surface area contributed by atoms with Crippen molar-refractivity contribution in [2.45, 2.75) is 46.1 Å². The van der Waals surface area contributed by atoms with E-state index in [1.54, 1.807) is 11.3 Å². The van der Waals surface area contributed by atoms with Crippen molar-refractivity contribution in [1.82, 2.24) is 20.1 Å². The van der Waals surface area contributed by atoms with Gasteiger partial charge >= 0.3 is 0 Å². The van der Waals surface area contributed by atoms with Crippen molar-refractivity contribution in [1.29, 1.82) is 0 Å². The summed E-state index contributed by atoms with van der Waals surface area (Å²) in [5.74, 6) is 0. The van der Waals surface area contributed by atoms with Crippen molar-refractivity contribution in [3.63, 3.8) is 0 Å². The zero-order chi connectivity index (χ0) is 14.5. The van der Waals surface area contributed by atoms with Crippen LogP contribution in [0.2, 0.25) is 0 Å². The van der Waals surface area contributed by atoms with Crippen molar-refractivity contribution in [3.05, 3.63) is 33.5 Å². The Labute approximate surface area is 125 Å². The van der Waals surface area contributed by atoms with Gasteiger partial charge in [0.05, 0.1) is 22.4 Å². The van der Waals surface area contributed by atoms with E-state index >= 15 is 0 Å². The topological polar surface area (TPSA) is 42.7 Å². The van der Waals surface area contributed by atoms with E-state index in [2.05, 4.69) is 40.7 Å². The lowest BCUT2D eigenvalue weighted by atomic mass is 10.1. The maximum atomic E-state index is 4.59. The molecule has 0 aliphatic carbocycles. The summed E-state index contributed by atoms with van der Waals surface area (Å²) in [5, 5.41) is 11.5. The molecule has 1 atom stereocenters. The van der Waals surface area contributed by atoms with Gasteiger partial charge < -0.3 is 5.32 Å². The van der Waals surface area contributed by atoms with E-state index in [1.807, 2.05) is 18.7 Å². The number of aromatic nitrogens is 3. The molecule has 0 fully saturated rings. The van der Waals surface area contributed by atoms with Crippen LogP contribution in [0.3, 0.4) is 0 Å². The molecule has 1 unspecified atom stereocenters. The zero-order valence-electron chi connectivity index (χ0n) is 12.8. The van der Waals surface area contributed by atoms with Gasteiger partial charge in [-0.15, -0.1) is 11.3 Å². The molecule has 1 N–H and O–H groups in total. The van der Waals surface area contributed by atoms with Gasteiger partial charge in [-0.25, -0.2) is 4.98 Å². The molecule has 0 radical (unpaired) electrons. The predicted octanol–water partition coefficient (Wildman–Crippen LogP) is 3.03. The Kier molecular flexibility index (Phi) is 5.31. The standard InChI is InChI=1S/C15H24N4S/c1-5-7-16-13(9-15-17-11(3)10-20-15)14-8-12(6-2)18-19(14)4/h8,10,13,16H,5-7,9H2,1-4H3. The van der Waals surface area contributed by atoms with Gasteiger partial charge in [-0.1, -0.05) is 13.8 Å². The second-order valence-electron chi connectivity index (χ2n) is 5.13. The van der Waals surface area contributed by atoms with E-state index in [1.165, 1.54) is 10.7 Å². The molecule has 2 aromatic heterocycles. The van der Waals surface area contributed by atoms with Crippen molar-refractivity contribution >= 4 is 11.3 Å². The Morgan fingerprint density at radius 2 is 2.20 bits per heavy atom. The van der Waals surface area contributed by atoms with Gasteiger partial charge in [0.15, 0.2) is 0 Å². The highest BCUT2D eigenvalue weighted by atomic mass is 32.1. The maximum Gasteiger partial charge on any atom is 0.0947 e. The molecule has 0 aromatic carbocycles. The molecular weight excluding hydrogens is 268 g/mol. The summed E-state index contributed by atoms with van der Waals surface area (Å²) in [5.41, 5.74) is 3.52. The van der Waals surface area contributed by atoms with Gasteiger partial charge in [-0.05, 0) is 32.4 Å². The molecule has 0 saturated heterocycles. The number of rotatable bonds is 7. The summed E-state index contributed by atoms with van der Waals surface area (Å²) in [4.78, 5) is 4.59. The third kappa shape index (κ3) is 3.67. The van der Waals surface area contributed by atoms with E-state index in [9.17, 15) is 0 Å². The number of nitrogens with one attached hydrogen (secondary N) is 1. The normalized spacial score (nSPS) is 12.8. The molecule has 20 heavy (non-hydrogen) atoms. The zero-order valence-corrected chi connectivity index (χ0v) is 13.6. The molecule has 0 bridgehead atoms. The van der Waals surface area contributed by atoms with Crippen molar-refractivity contribution in [2.75, 3.05) is 6.54 Å². The highest BCUT2D eigenvalue weighted by Gasteiger charge is 2.18. The Hall–Kier alpha value is -1.20. The first-order chi connectivity index (χ1) is 9.63. The number of hydrogen-bond acceptors (Lipinski definition) is 4. The van der Waals surface area contributed by atoms with Gasteiger partial charge in [-0.2, -0.15) is 5.10 Å². The summed E-state index contributed by atoms with van der Waals surface area (Å²) >= 11 is 1.74. The summed E-state index contributed by atoms with van der Waals surface area (Å²) in [6, 6.07) is 2.51. The predicted molar refractivity (Wildman–Crippen MR) is 84.2 cm³/mol. The Morgan fingerprint density at radius 3 is 2.75 bits per heavy atom. The second kappa shape index (κ2) is 6.99. The lowest BCUT2D eigenvalue weighted by Crippen LogP contribution is -2.26. The van der Waals surface area contributed by atoms with Crippen LogP contribution in [-0.2, 0) is 19.9 Å². The fourth-order valence-electron chi connectivity index (χ4n) is 2.31. The van der Waals surface area contributed by atoms with E-state index in [4.69, 9.17) is 0 Å². The lowest BCUT2D eigenvalue weighted by Gasteiger charge is -2.17. The van der Waals surface area contributed by atoms with Crippen molar-refractivity contribution in [3.8, 4) is 0 Å². The first kappa shape index (κ1) is 15.2. The minimum Gasteiger partial charge on any atom is -0.308 e. The van der Waals surface area contributed by atoms with Crippen LogP contribution in [0.1, 0.15) is 48.4 Å². The molecular formula is C15H24N4S. The monoisotopic (exact) mass is 292 g/mol. The summed E-state index contributed by atoms with van der Waals surface area (Å²) in [6.45, 7) is 7.40. The highest BCUT2D eigenvalue weighted by molar-refractivity contribution is 7.09. The van der Waals surface area contributed by atoms with E-state index < -0.39 is 0 Å². The van der Waals surface area contributed by atoms with Gasteiger partial charge in [-0.3, -0.25) is 4.68 Å². The highest BCUT2D eigenvalue weighted by Crippen LogP contribution is 2.21. The van der Waals surface area contributed by atoms with Crippen LogP contribution in [0.25, 0.3) is 0 Å². The second-order valence-corrected chi connectivity index (χ2v) is 6.07. The number of aryl methyl sites for hydroxylation is 3. The van der Waals surface area contributed by atoms with Crippen molar-refractivity contribution < 1.29 is 0 Å². The molecule has 2 rings (SSSR count). The molecule has 0 spiro atoms. The van der Waals surface area contributed by atoms with E-state index in [0.29, 0.717) is 6.04 Å². The Morgan fingerprint density at radius 1 is 1.40 bits per heavy atom. The molecule has 0 amide bonds. The molecule has 0 saturated carbocycles. The molecule has 2 heterocycles. The minimum absolute atomic E-state index is 0.290. The lowest BCUT2D eigenvalue weighted by molar-refractivity contribution is 0.492. The molecule has 4 nitrogen and oxygen atoms in total. The fraction of sp³-hybridized carbons (Fsp3) is 0.600. The number of nitrogens with zero attached hydrogens (tertiary/aromatic N) is 3. The van der Waals surface area contributed by atoms with Crippen LogP contribution in [-0.4, -0.2) is 21.3 Å². The van der Waals surface area contributed by atoms with E-state index in [-0.39, 0.29) is 0 Å². The Balaban J connectivity index is 2.19. The maximum absolute atomic E-state index is 4.59. The van der Waals surface area contributed by atoms with Crippen LogP contribution < -0.4 is 5.32 Å². The molecule has 0 aliphatic heterocycles. The smallest absolute Gasteiger partial charge is 0.0947 e. The van der Waals surface area contributed by atoms with Crippen LogP contribution in [0.4, 0.5) is 0 Å². The first-order valence-electron chi connectivity index (χ1n) is 7.31. The van der Waals surface area contributed by atoms with Crippen LogP contribution >= 0.6 is 11.3 Å².